The summed E-state index contributed by atoms with van der Waals surface area (Å²) in [6, 6.07) is 0.0245. The first kappa shape index (κ1) is 25.5. The number of amides is 1. The maximum atomic E-state index is 12.0. The second-order valence-electron chi connectivity index (χ2n) is 8.03. The van der Waals surface area contributed by atoms with Gasteiger partial charge in [0.05, 0.1) is 18.3 Å². The molecule has 1 amide bonds. The Bertz CT molecular complexity index is 829. The lowest BCUT2D eigenvalue weighted by Gasteiger charge is -2.35. The van der Waals surface area contributed by atoms with Gasteiger partial charge in [0.1, 0.15) is 6.10 Å². The minimum Gasteiger partial charge on any atom is -0.390 e. The number of allylic oxidation sites excluding steroid dienone is 12. The van der Waals surface area contributed by atoms with E-state index in [4.69, 9.17) is 4.74 Å². The zero-order valence-electron chi connectivity index (χ0n) is 18.9. The maximum absolute atomic E-state index is 12.0. The van der Waals surface area contributed by atoms with Crippen molar-refractivity contribution in [1.29, 1.82) is 0 Å². The van der Waals surface area contributed by atoms with Crippen LogP contribution in [0.15, 0.2) is 96.7 Å². The molecule has 0 unspecified atom stereocenters. The van der Waals surface area contributed by atoms with E-state index in [1.54, 1.807) is 12.2 Å². The fourth-order valence-corrected chi connectivity index (χ4v) is 3.30. The number of rotatable bonds is 0. The topological polar surface area (TPSA) is 78.8 Å². The fraction of sp³-hybridized carbons (Fsp3) is 0.370. The molecule has 0 saturated carbocycles. The monoisotopic (exact) mass is 437 g/mol. The van der Waals surface area contributed by atoms with Gasteiger partial charge < -0.3 is 20.3 Å². The van der Waals surface area contributed by atoms with Crippen LogP contribution in [0.5, 0.6) is 0 Å². The zero-order valence-corrected chi connectivity index (χ0v) is 18.9. The van der Waals surface area contributed by atoms with E-state index in [1.807, 2.05) is 86.8 Å². The molecule has 5 atom stereocenters. The van der Waals surface area contributed by atoms with E-state index in [1.165, 1.54) is 6.08 Å². The quantitative estimate of drug-likeness (QED) is 0.535. The van der Waals surface area contributed by atoms with Crippen molar-refractivity contribution in [2.45, 2.75) is 63.6 Å². The molecule has 32 heavy (non-hydrogen) atoms. The highest BCUT2D eigenvalue weighted by atomic mass is 16.5. The Labute approximate surface area is 191 Å². The highest BCUT2D eigenvalue weighted by Crippen LogP contribution is 2.23. The van der Waals surface area contributed by atoms with Crippen LogP contribution in [-0.2, 0) is 9.53 Å². The van der Waals surface area contributed by atoms with E-state index in [-0.39, 0.29) is 18.1 Å². The van der Waals surface area contributed by atoms with Gasteiger partial charge in [0.15, 0.2) is 0 Å². The standard InChI is InChI=1S/C27H35NO4/c1-21-14-8-5-3-4-6-9-16-22(2)28-26(30)19-11-7-10-18-25-27(31)24(29)20-23(32-25)17-13-12-15-21/h3-15,17,19,22-25,27,29,31H,16,18,20H2,1-2H3,(H,28,30)/b4-3?,8-5?,9-6+,10-7?,15-12?,17-13-,19-11+,21-14?/t22-,23+,24-,25-,27+/m1/s1. The van der Waals surface area contributed by atoms with E-state index >= 15 is 0 Å². The molecule has 3 N–H and O–H groups in total. The molecule has 0 aromatic carbocycles. The van der Waals surface area contributed by atoms with Gasteiger partial charge in [0.25, 0.3) is 0 Å². The third-order valence-corrected chi connectivity index (χ3v) is 5.08. The summed E-state index contributed by atoms with van der Waals surface area (Å²) < 4.78 is 5.94. The Morgan fingerprint density at radius 3 is 2.44 bits per heavy atom. The molecule has 5 nitrogen and oxygen atoms in total. The maximum Gasteiger partial charge on any atom is 0.244 e. The first-order valence-corrected chi connectivity index (χ1v) is 11.1. The van der Waals surface area contributed by atoms with Crippen molar-refractivity contribution >= 4 is 5.91 Å². The van der Waals surface area contributed by atoms with Crippen LogP contribution in [0, 0.1) is 0 Å². The van der Waals surface area contributed by atoms with Gasteiger partial charge in [0, 0.05) is 18.5 Å². The summed E-state index contributed by atoms with van der Waals surface area (Å²) in [7, 11) is 0. The van der Waals surface area contributed by atoms with Crippen LogP contribution in [0.4, 0.5) is 0 Å². The smallest absolute Gasteiger partial charge is 0.244 e. The van der Waals surface area contributed by atoms with Gasteiger partial charge in [-0.25, -0.2) is 0 Å². The molecular formula is C27H35NO4. The number of fused-ring (bicyclic) bond motifs is 2. The molecule has 0 radical (unpaired) electrons. The van der Waals surface area contributed by atoms with Crippen molar-refractivity contribution in [1.82, 2.24) is 5.32 Å². The van der Waals surface area contributed by atoms with Crippen LogP contribution < -0.4 is 5.32 Å². The minimum absolute atomic E-state index is 0.0245. The number of carbonyl (C=O) groups is 1. The average Bonchev–Trinajstić information content (AvgIpc) is 2.75. The molecule has 1 saturated heterocycles. The van der Waals surface area contributed by atoms with Crippen molar-refractivity contribution in [2.24, 2.45) is 0 Å². The van der Waals surface area contributed by atoms with Crippen molar-refractivity contribution in [3.05, 3.63) is 96.7 Å². The number of hydrogen-bond donors (Lipinski definition) is 3. The summed E-state index contributed by atoms with van der Waals surface area (Å²) in [6.45, 7) is 3.98. The molecule has 0 aromatic rings. The number of hydrogen-bond acceptors (Lipinski definition) is 4. The van der Waals surface area contributed by atoms with Crippen molar-refractivity contribution < 1.29 is 19.7 Å². The van der Waals surface area contributed by atoms with Crippen LogP contribution in [0.3, 0.4) is 0 Å². The summed E-state index contributed by atoms with van der Waals surface area (Å²) in [5, 5.41) is 23.4. The minimum atomic E-state index is -0.939. The Morgan fingerprint density at radius 1 is 0.906 bits per heavy atom. The zero-order chi connectivity index (χ0) is 23.2. The third kappa shape index (κ3) is 10.1. The predicted molar refractivity (Wildman–Crippen MR) is 130 cm³/mol. The van der Waals surface area contributed by atoms with Gasteiger partial charge in [-0.05, 0) is 26.7 Å². The highest BCUT2D eigenvalue weighted by molar-refractivity contribution is 5.87. The Kier molecular flexibility index (Phi) is 11.5. The molecular weight excluding hydrogens is 402 g/mol. The van der Waals surface area contributed by atoms with Crippen LogP contribution in [0.1, 0.15) is 33.1 Å². The Morgan fingerprint density at radius 2 is 1.59 bits per heavy atom. The number of nitrogens with one attached hydrogen (secondary N) is 1. The van der Waals surface area contributed by atoms with E-state index in [0.717, 1.165) is 12.0 Å². The molecule has 0 aliphatic carbocycles. The van der Waals surface area contributed by atoms with Crippen molar-refractivity contribution in [2.75, 3.05) is 0 Å². The van der Waals surface area contributed by atoms with Gasteiger partial charge in [-0.1, -0.05) is 90.6 Å². The van der Waals surface area contributed by atoms with Gasteiger partial charge in [0.2, 0.25) is 5.91 Å². The largest absolute Gasteiger partial charge is 0.390 e. The number of aliphatic hydroxyl groups is 2. The molecule has 172 valence electrons. The van der Waals surface area contributed by atoms with Gasteiger partial charge in [-0.3, -0.25) is 4.79 Å². The van der Waals surface area contributed by atoms with E-state index in [2.05, 4.69) is 5.32 Å². The first-order chi connectivity index (χ1) is 15.5. The van der Waals surface area contributed by atoms with E-state index in [0.29, 0.717) is 12.8 Å². The van der Waals surface area contributed by atoms with E-state index < -0.39 is 18.3 Å². The van der Waals surface area contributed by atoms with Crippen LogP contribution in [-0.4, -0.2) is 46.6 Å². The Hall–Kier alpha value is -2.73. The van der Waals surface area contributed by atoms with Crippen LogP contribution >= 0.6 is 0 Å². The first-order valence-electron chi connectivity index (χ1n) is 11.1. The molecule has 2 heterocycles. The lowest BCUT2D eigenvalue weighted by Crippen LogP contribution is -2.47. The lowest BCUT2D eigenvalue weighted by molar-refractivity contribution is -0.154. The Balaban J connectivity index is 2.11. The fourth-order valence-electron chi connectivity index (χ4n) is 3.30. The molecule has 0 aromatic heterocycles. The van der Waals surface area contributed by atoms with Crippen LogP contribution in [0.25, 0.3) is 0 Å². The number of aliphatic hydroxyl groups excluding tert-OH is 2. The van der Waals surface area contributed by atoms with Gasteiger partial charge in [-0.15, -0.1) is 0 Å². The number of carbonyl (C=O) groups excluding carboxylic acids is 1. The van der Waals surface area contributed by atoms with Crippen molar-refractivity contribution in [3.8, 4) is 0 Å². The molecule has 5 heteroatoms. The lowest BCUT2D eigenvalue weighted by atomic mass is 9.95. The normalized spacial score (nSPS) is 33.6. The summed E-state index contributed by atoms with van der Waals surface area (Å²) >= 11 is 0. The SMILES string of the molecule is CC1=CC=CC=C/C=C/C[C@@H](C)NC(=O)/C=C/C=CC[C@H]2O[C@@H](/C=C\C=C1)C[C@@H](O)[C@@H]2O. The predicted octanol–water partition coefficient (Wildman–Crippen LogP) is 4.00. The molecule has 1 fully saturated rings. The molecule has 0 spiro atoms. The third-order valence-electron chi connectivity index (χ3n) is 5.08. The second kappa shape index (κ2) is 14.4. The highest BCUT2D eigenvalue weighted by Gasteiger charge is 2.34. The van der Waals surface area contributed by atoms with Crippen molar-refractivity contribution in [3.63, 3.8) is 0 Å². The molecule has 2 aliphatic rings. The van der Waals surface area contributed by atoms with Crippen LogP contribution in [0.2, 0.25) is 0 Å². The molecule has 2 rings (SSSR count). The number of ether oxygens (including phenoxy) is 1. The molecule has 2 bridgehead atoms. The second-order valence-corrected chi connectivity index (χ2v) is 8.03. The summed E-state index contributed by atoms with van der Waals surface area (Å²) in [4.78, 5) is 12.0. The summed E-state index contributed by atoms with van der Waals surface area (Å²) in [6.07, 6.45) is 27.3. The summed E-state index contributed by atoms with van der Waals surface area (Å²) in [5.74, 6) is -0.159. The van der Waals surface area contributed by atoms with E-state index in [9.17, 15) is 15.0 Å². The van der Waals surface area contributed by atoms with Gasteiger partial charge >= 0.3 is 0 Å². The summed E-state index contributed by atoms with van der Waals surface area (Å²) in [5.41, 5.74) is 1.10. The van der Waals surface area contributed by atoms with Gasteiger partial charge in [-0.2, -0.15) is 0 Å². The molecule has 2 aliphatic heterocycles. The average molecular weight is 438 g/mol.